The summed E-state index contributed by atoms with van der Waals surface area (Å²) in [4.78, 5) is 20.5. The predicted molar refractivity (Wildman–Crippen MR) is 64.9 cm³/mol. The lowest BCUT2D eigenvalue weighted by molar-refractivity contribution is -0.883. The minimum absolute atomic E-state index is 0.245. The van der Waals surface area contributed by atoms with E-state index in [4.69, 9.17) is 0 Å². The third kappa shape index (κ3) is 6.32. The Kier molecular flexibility index (Phi) is 6.43. The van der Waals surface area contributed by atoms with E-state index in [1.165, 1.54) is 21.1 Å². The van der Waals surface area contributed by atoms with E-state index >= 15 is 0 Å². The maximum Gasteiger partial charge on any atom is 0.174 e. The molecule has 0 aliphatic rings. The van der Waals surface area contributed by atoms with E-state index in [1.807, 2.05) is 35.2 Å². The highest BCUT2D eigenvalue weighted by Gasteiger charge is 2.26. The van der Waals surface area contributed by atoms with Gasteiger partial charge in [-0.1, -0.05) is 6.07 Å². The first-order valence-corrected chi connectivity index (χ1v) is 5.51. The van der Waals surface area contributed by atoms with Crippen LogP contribution in [0.1, 0.15) is 0 Å². The van der Waals surface area contributed by atoms with E-state index < -0.39 is 18.0 Å². The Morgan fingerprint density at radius 2 is 1.53 bits per heavy atom. The van der Waals surface area contributed by atoms with Crippen LogP contribution in [0.3, 0.4) is 0 Å². The average molecular weight is 266 g/mol. The maximum absolute atomic E-state index is 10.2. The van der Waals surface area contributed by atoms with E-state index in [0.29, 0.717) is 0 Å². The number of aromatic nitrogens is 1. The van der Waals surface area contributed by atoms with Crippen LogP contribution < -0.4 is 14.8 Å². The van der Waals surface area contributed by atoms with Crippen molar-refractivity contribution in [2.24, 2.45) is 0 Å². The van der Waals surface area contributed by atoms with Crippen molar-refractivity contribution in [3.8, 4) is 0 Å². The van der Waals surface area contributed by atoms with E-state index in [-0.39, 0.29) is 4.48 Å². The van der Waals surface area contributed by atoms with Crippen molar-refractivity contribution < 1.29 is 28.9 Å². The predicted octanol–water partition coefficient (Wildman–Crippen LogP) is -2.36. The lowest BCUT2D eigenvalue weighted by atomic mass is 10.2. The van der Waals surface area contributed by atoms with E-state index in [2.05, 4.69) is 6.58 Å². The number of aliphatic carboxylic acids is 2. The summed E-state index contributed by atoms with van der Waals surface area (Å²) in [6.45, 7) is 3.59. The van der Waals surface area contributed by atoms with Gasteiger partial charge < -0.3 is 24.3 Å². The smallest absolute Gasteiger partial charge is 0.174 e. The van der Waals surface area contributed by atoms with Crippen LogP contribution in [0.2, 0.25) is 0 Å². The standard InChI is InChI=1S/C7H8N.C6H11NO4/c1-2-8-6-4-3-5-7-8;1-7(2,3)4(5(8)9)6(10)11/h2-7H,1H2;4H,1-3H3,(H-,8,9,10,11)/q+1;/p-1. The highest BCUT2D eigenvalue weighted by Crippen LogP contribution is 1.99. The molecule has 0 bridgehead atoms. The van der Waals surface area contributed by atoms with Gasteiger partial charge in [0.05, 0.1) is 21.1 Å². The molecule has 6 nitrogen and oxygen atoms in total. The third-order valence-electron chi connectivity index (χ3n) is 2.17. The number of quaternary nitrogens is 1. The molecule has 0 radical (unpaired) electrons. The minimum Gasteiger partial charge on any atom is -0.544 e. The Bertz CT molecular complexity index is 424. The average Bonchev–Trinajstić information content (AvgIpc) is 2.27. The summed E-state index contributed by atoms with van der Waals surface area (Å²) >= 11 is 0. The van der Waals surface area contributed by atoms with Crippen LogP contribution in [0.4, 0.5) is 0 Å². The van der Waals surface area contributed by atoms with Gasteiger partial charge in [0.1, 0.15) is 11.9 Å². The topological polar surface area (TPSA) is 84.1 Å². The number of likely N-dealkylation sites (N-methyl/N-ethyl adjacent to an activating group) is 1. The summed E-state index contributed by atoms with van der Waals surface area (Å²) in [6, 6.07) is 4.28. The van der Waals surface area contributed by atoms with Gasteiger partial charge >= 0.3 is 0 Å². The molecular formula is C13H18N2O4. The number of nitrogens with zero attached hydrogens (tertiary/aromatic N) is 2. The third-order valence-corrected chi connectivity index (χ3v) is 2.17. The molecule has 1 aromatic heterocycles. The zero-order valence-corrected chi connectivity index (χ0v) is 11.3. The quantitative estimate of drug-likeness (QED) is 0.346. The number of pyridine rings is 1. The second-order valence-corrected chi connectivity index (χ2v) is 4.66. The van der Waals surface area contributed by atoms with Crippen molar-refractivity contribution in [1.82, 2.24) is 0 Å². The second kappa shape index (κ2) is 7.27. The molecule has 0 aliphatic carbocycles. The maximum atomic E-state index is 10.2. The van der Waals surface area contributed by atoms with Crippen LogP contribution in [-0.4, -0.2) is 43.6 Å². The Balaban J connectivity index is 0.000000356. The zero-order chi connectivity index (χ0) is 15.1. The molecule has 19 heavy (non-hydrogen) atoms. The Morgan fingerprint density at radius 1 is 1.11 bits per heavy atom. The van der Waals surface area contributed by atoms with Crippen molar-refractivity contribution in [3.05, 3.63) is 37.2 Å². The lowest BCUT2D eigenvalue weighted by Gasteiger charge is -2.34. The molecule has 0 aliphatic heterocycles. The van der Waals surface area contributed by atoms with E-state index in [0.717, 1.165) is 0 Å². The number of hydrogen-bond acceptors (Lipinski definition) is 4. The van der Waals surface area contributed by atoms with Gasteiger partial charge in [-0.15, -0.1) is 0 Å². The van der Waals surface area contributed by atoms with Gasteiger partial charge in [-0.2, -0.15) is 4.57 Å². The molecule has 6 heteroatoms. The highest BCUT2D eigenvalue weighted by molar-refractivity contribution is 5.93. The molecule has 0 atom stereocenters. The van der Waals surface area contributed by atoms with E-state index in [1.54, 1.807) is 6.20 Å². The fraction of sp³-hybridized carbons (Fsp3) is 0.308. The van der Waals surface area contributed by atoms with Crippen molar-refractivity contribution in [2.75, 3.05) is 21.1 Å². The van der Waals surface area contributed by atoms with Crippen LogP contribution in [0, 0.1) is 0 Å². The van der Waals surface area contributed by atoms with Crippen LogP contribution in [0.25, 0.3) is 6.20 Å². The highest BCUT2D eigenvalue weighted by atomic mass is 16.4. The molecule has 1 heterocycles. The molecule has 1 aromatic rings. The first-order valence-electron chi connectivity index (χ1n) is 5.51. The number of carbonyl (C=O) groups is 2. The van der Waals surface area contributed by atoms with Gasteiger partial charge in [-0.25, -0.2) is 0 Å². The van der Waals surface area contributed by atoms with Crippen molar-refractivity contribution >= 4 is 18.1 Å². The fourth-order valence-corrected chi connectivity index (χ4v) is 1.26. The Morgan fingerprint density at radius 3 is 1.68 bits per heavy atom. The Hall–Kier alpha value is -2.21. The van der Waals surface area contributed by atoms with Gasteiger partial charge in [0.2, 0.25) is 0 Å². The molecule has 1 rings (SSSR count). The first-order chi connectivity index (χ1) is 8.70. The van der Waals surface area contributed by atoms with Crippen LogP contribution in [-0.2, 0) is 9.59 Å². The summed E-state index contributed by atoms with van der Waals surface area (Å²) < 4.78 is 1.64. The largest absolute Gasteiger partial charge is 0.544 e. The number of carboxylic acids is 2. The van der Waals surface area contributed by atoms with Crippen molar-refractivity contribution in [1.29, 1.82) is 0 Å². The van der Waals surface area contributed by atoms with Crippen LogP contribution in [0.15, 0.2) is 37.2 Å². The van der Waals surface area contributed by atoms with E-state index in [9.17, 15) is 19.8 Å². The van der Waals surface area contributed by atoms with Gasteiger partial charge in [-0.3, -0.25) is 0 Å². The van der Waals surface area contributed by atoms with Crippen molar-refractivity contribution in [3.63, 3.8) is 0 Å². The lowest BCUT2D eigenvalue weighted by Crippen LogP contribution is -2.62. The zero-order valence-electron chi connectivity index (χ0n) is 11.3. The molecule has 0 N–H and O–H groups in total. The molecule has 0 saturated carbocycles. The molecule has 0 spiro atoms. The summed E-state index contributed by atoms with van der Waals surface area (Å²) in [5.41, 5.74) is 0. The number of carboxylic acid groups (broad SMARTS) is 2. The number of hydrogen-bond donors (Lipinski definition) is 0. The summed E-state index contributed by atoms with van der Waals surface area (Å²) in [6.07, 6.45) is 5.62. The molecule has 0 unspecified atom stereocenters. The minimum atomic E-state index is -1.63. The molecule has 0 fully saturated rings. The summed E-state index contributed by atoms with van der Waals surface area (Å²) in [5, 5.41) is 20.5. The summed E-state index contributed by atoms with van der Waals surface area (Å²) in [7, 11) is 4.32. The van der Waals surface area contributed by atoms with Crippen LogP contribution >= 0.6 is 0 Å². The first kappa shape index (κ1) is 16.8. The van der Waals surface area contributed by atoms with Gasteiger partial charge in [0, 0.05) is 12.1 Å². The Labute approximate surface area is 112 Å². The fourth-order valence-electron chi connectivity index (χ4n) is 1.26. The van der Waals surface area contributed by atoms with Crippen LogP contribution in [0.5, 0.6) is 0 Å². The normalized spacial score (nSPS) is 10.3. The second-order valence-electron chi connectivity index (χ2n) is 4.66. The molecule has 104 valence electrons. The molecule has 0 amide bonds. The number of carbonyl (C=O) groups excluding carboxylic acids is 2. The monoisotopic (exact) mass is 266 g/mol. The molecule has 0 aromatic carbocycles. The SMILES string of the molecule is C=C[n+]1ccccc1.C[N+](C)(C)C(C(=O)[O-])C(=O)[O-]. The van der Waals surface area contributed by atoms with Gasteiger partial charge in [0.15, 0.2) is 24.6 Å². The molecular weight excluding hydrogens is 248 g/mol. The van der Waals surface area contributed by atoms with Gasteiger partial charge in [0.25, 0.3) is 0 Å². The summed E-state index contributed by atoms with van der Waals surface area (Å²) in [5.74, 6) is -3.25. The van der Waals surface area contributed by atoms with Crippen molar-refractivity contribution in [2.45, 2.75) is 6.04 Å². The number of rotatable bonds is 4. The van der Waals surface area contributed by atoms with Gasteiger partial charge in [-0.05, 0) is 6.58 Å². The molecule has 0 saturated heterocycles.